The zero-order valence-electron chi connectivity index (χ0n) is 13.1. The predicted octanol–water partition coefficient (Wildman–Crippen LogP) is 3.54. The van der Waals surface area contributed by atoms with Gasteiger partial charge in [-0.25, -0.2) is 0 Å². The van der Waals surface area contributed by atoms with Crippen LogP contribution in [0, 0.1) is 12.8 Å². The van der Waals surface area contributed by atoms with Gasteiger partial charge in [0.2, 0.25) is 0 Å². The van der Waals surface area contributed by atoms with E-state index in [1.54, 1.807) is 45.0 Å². The Kier molecular flexibility index (Phi) is 5.50. The number of aryl methyl sites for hydroxylation is 1. The SMILES string of the molecule is Cc1noc([C@@H](C)OC(=O)[C@@H](C)CC(=O)c2ccc(Cl)cc2)n1. The van der Waals surface area contributed by atoms with Crippen molar-refractivity contribution < 1.29 is 18.8 Å². The molecule has 1 aromatic carbocycles. The molecule has 2 atom stereocenters. The molecule has 2 aromatic rings. The fourth-order valence-electron chi connectivity index (χ4n) is 1.93. The molecular formula is C16H17ClN2O4. The second kappa shape index (κ2) is 7.37. The van der Waals surface area contributed by atoms with Crippen molar-refractivity contribution in [2.75, 3.05) is 0 Å². The molecule has 0 amide bonds. The topological polar surface area (TPSA) is 82.3 Å². The maximum atomic E-state index is 12.1. The number of carbonyl (C=O) groups excluding carboxylic acids is 2. The summed E-state index contributed by atoms with van der Waals surface area (Å²) in [6.07, 6.45) is -0.604. The van der Waals surface area contributed by atoms with Gasteiger partial charge in [0.1, 0.15) is 0 Å². The number of rotatable bonds is 6. The number of esters is 1. The number of ketones is 1. The van der Waals surface area contributed by atoms with Crippen molar-refractivity contribution in [2.24, 2.45) is 5.92 Å². The molecule has 0 radical (unpaired) electrons. The second-order valence-electron chi connectivity index (χ2n) is 5.29. The molecule has 0 aliphatic rings. The number of Topliss-reactive ketones (excluding diaryl/α,β-unsaturated/α-hetero) is 1. The van der Waals surface area contributed by atoms with Crippen molar-refractivity contribution >= 4 is 23.4 Å². The van der Waals surface area contributed by atoms with Crippen molar-refractivity contribution in [2.45, 2.75) is 33.3 Å². The van der Waals surface area contributed by atoms with E-state index in [4.69, 9.17) is 20.9 Å². The van der Waals surface area contributed by atoms with E-state index in [-0.39, 0.29) is 18.1 Å². The van der Waals surface area contributed by atoms with Crippen LogP contribution >= 0.6 is 11.6 Å². The minimum Gasteiger partial charge on any atom is -0.452 e. The number of nitrogens with zero attached hydrogens (tertiary/aromatic N) is 2. The first-order valence-corrected chi connectivity index (χ1v) is 7.54. The van der Waals surface area contributed by atoms with Crippen LogP contribution in [0.25, 0.3) is 0 Å². The highest BCUT2D eigenvalue weighted by molar-refractivity contribution is 6.30. The Bertz CT molecular complexity index is 696. The third kappa shape index (κ3) is 4.63. The van der Waals surface area contributed by atoms with E-state index in [1.807, 2.05) is 0 Å². The Morgan fingerprint density at radius 3 is 2.48 bits per heavy atom. The lowest BCUT2D eigenvalue weighted by molar-refractivity contribution is -0.154. The molecule has 0 bridgehead atoms. The number of hydrogen-bond donors (Lipinski definition) is 0. The van der Waals surface area contributed by atoms with Gasteiger partial charge < -0.3 is 9.26 Å². The first kappa shape index (κ1) is 17.1. The first-order chi connectivity index (χ1) is 10.9. The number of hydrogen-bond acceptors (Lipinski definition) is 6. The number of carbonyl (C=O) groups is 2. The smallest absolute Gasteiger partial charge is 0.309 e. The molecule has 0 unspecified atom stereocenters. The summed E-state index contributed by atoms with van der Waals surface area (Å²) < 4.78 is 10.2. The molecule has 0 aliphatic heterocycles. The van der Waals surface area contributed by atoms with Crippen molar-refractivity contribution in [1.29, 1.82) is 0 Å². The molecule has 122 valence electrons. The molecule has 23 heavy (non-hydrogen) atoms. The average molecular weight is 337 g/mol. The third-order valence-corrected chi connectivity index (χ3v) is 3.50. The van der Waals surface area contributed by atoms with Crippen LogP contribution in [0.15, 0.2) is 28.8 Å². The van der Waals surface area contributed by atoms with E-state index in [0.29, 0.717) is 16.4 Å². The Hall–Kier alpha value is -2.21. The minimum atomic E-state index is -0.656. The zero-order chi connectivity index (χ0) is 17.0. The first-order valence-electron chi connectivity index (χ1n) is 7.16. The number of benzene rings is 1. The molecule has 0 fully saturated rings. The van der Waals surface area contributed by atoms with Gasteiger partial charge in [0, 0.05) is 17.0 Å². The van der Waals surface area contributed by atoms with Crippen LogP contribution in [0.2, 0.25) is 5.02 Å². The van der Waals surface area contributed by atoms with Gasteiger partial charge in [0.15, 0.2) is 17.7 Å². The number of halogens is 1. The Labute approximate surface area is 138 Å². The highest BCUT2D eigenvalue weighted by Gasteiger charge is 2.24. The quantitative estimate of drug-likeness (QED) is 0.592. The lowest BCUT2D eigenvalue weighted by Crippen LogP contribution is -2.20. The maximum absolute atomic E-state index is 12.1. The molecule has 6 nitrogen and oxygen atoms in total. The monoisotopic (exact) mass is 336 g/mol. The molecule has 0 saturated carbocycles. The van der Waals surface area contributed by atoms with E-state index in [2.05, 4.69) is 10.1 Å². The highest BCUT2D eigenvalue weighted by atomic mass is 35.5. The summed E-state index contributed by atoms with van der Waals surface area (Å²) in [5.41, 5.74) is 0.509. The van der Waals surface area contributed by atoms with Gasteiger partial charge in [0.25, 0.3) is 5.89 Å². The summed E-state index contributed by atoms with van der Waals surface area (Å²) in [7, 11) is 0. The molecule has 0 aliphatic carbocycles. The van der Waals surface area contributed by atoms with Crippen molar-refractivity contribution in [3.8, 4) is 0 Å². The fourth-order valence-corrected chi connectivity index (χ4v) is 2.06. The average Bonchev–Trinajstić information content (AvgIpc) is 2.94. The van der Waals surface area contributed by atoms with E-state index in [1.165, 1.54) is 0 Å². The van der Waals surface area contributed by atoms with E-state index >= 15 is 0 Å². The Morgan fingerprint density at radius 2 is 1.91 bits per heavy atom. The summed E-state index contributed by atoms with van der Waals surface area (Å²) in [5, 5.41) is 4.20. The summed E-state index contributed by atoms with van der Waals surface area (Å²) >= 11 is 5.78. The zero-order valence-corrected chi connectivity index (χ0v) is 13.8. The lowest BCUT2D eigenvalue weighted by atomic mass is 10.00. The standard InChI is InChI=1S/C16H17ClN2O4/c1-9(8-14(20)12-4-6-13(17)7-5-12)16(21)22-10(2)15-18-11(3)19-23-15/h4-7,9-10H,8H2,1-3H3/t9-,10+/m0/s1. The third-order valence-electron chi connectivity index (χ3n) is 3.24. The van der Waals surface area contributed by atoms with E-state index in [0.717, 1.165) is 0 Å². The molecule has 2 rings (SSSR count). The summed E-state index contributed by atoms with van der Waals surface area (Å²) in [4.78, 5) is 28.2. The number of ether oxygens (including phenoxy) is 1. The number of aromatic nitrogens is 2. The van der Waals surface area contributed by atoms with Crippen molar-refractivity contribution in [3.05, 3.63) is 46.6 Å². The molecule has 0 spiro atoms. The normalized spacial score (nSPS) is 13.4. The van der Waals surface area contributed by atoms with Crippen LogP contribution in [0.1, 0.15) is 48.4 Å². The minimum absolute atomic E-state index is 0.0516. The molecule has 1 aromatic heterocycles. The van der Waals surface area contributed by atoms with Crippen molar-refractivity contribution in [1.82, 2.24) is 10.1 Å². The van der Waals surface area contributed by atoms with Crippen LogP contribution in [-0.2, 0) is 9.53 Å². The van der Waals surface area contributed by atoms with E-state index < -0.39 is 18.0 Å². The van der Waals surface area contributed by atoms with Crippen LogP contribution < -0.4 is 0 Å². The molecule has 7 heteroatoms. The molecule has 1 heterocycles. The Balaban J connectivity index is 1.91. The van der Waals surface area contributed by atoms with Crippen LogP contribution in [-0.4, -0.2) is 21.9 Å². The van der Waals surface area contributed by atoms with Gasteiger partial charge in [0.05, 0.1) is 5.92 Å². The van der Waals surface area contributed by atoms with E-state index in [9.17, 15) is 9.59 Å². The molecular weight excluding hydrogens is 320 g/mol. The fraction of sp³-hybridized carbons (Fsp3) is 0.375. The molecule has 0 saturated heterocycles. The largest absolute Gasteiger partial charge is 0.452 e. The molecule has 0 N–H and O–H groups in total. The second-order valence-corrected chi connectivity index (χ2v) is 5.73. The van der Waals surface area contributed by atoms with Crippen molar-refractivity contribution in [3.63, 3.8) is 0 Å². The van der Waals surface area contributed by atoms with Gasteiger partial charge in [-0.1, -0.05) is 23.7 Å². The lowest BCUT2D eigenvalue weighted by Gasteiger charge is -2.13. The Morgan fingerprint density at radius 1 is 1.26 bits per heavy atom. The van der Waals surface area contributed by atoms with Gasteiger partial charge in [-0.15, -0.1) is 0 Å². The summed E-state index contributed by atoms with van der Waals surface area (Å²) in [6.45, 7) is 4.95. The van der Waals surface area contributed by atoms with Gasteiger partial charge in [-0.3, -0.25) is 9.59 Å². The maximum Gasteiger partial charge on any atom is 0.309 e. The van der Waals surface area contributed by atoms with Gasteiger partial charge >= 0.3 is 5.97 Å². The highest BCUT2D eigenvalue weighted by Crippen LogP contribution is 2.19. The van der Waals surface area contributed by atoms with Gasteiger partial charge in [-0.2, -0.15) is 4.98 Å². The van der Waals surface area contributed by atoms with Crippen LogP contribution in [0.3, 0.4) is 0 Å². The summed E-state index contributed by atoms with van der Waals surface area (Å²) in [5.74, 6) is -0.520. The predicted molar refractivity (Wildman–Crippen MR) is 83.1 cm³/mol. The van der Waals surface area contributed by atoms with Crippen LogP contribution in [0.4, 0.5) is 0 Å². The van der Waals surface area contributed by atoms with Crippen LogP contribution in [0.5, 0.6) is 0 Å². The summed E-state index contributed by atoms with van der Waals surface area (Å²) in [6, 6.07) is 6.54. The van der Waals surface area contributed by atoms with Gasteiger partial charge in [-0.05, 0) is 38.1 Å².